The van der Waals surface area contributed by atoms with Crippen LogP contribution in [0.5, 0.6) is 0 Å². The molecule has 1 unspecified atom stereocenters. The van der Waals surface area contributed by atoms with Gasteiger partial charge in [0.15, 0.2) is 0 Å². The zero-order chi connectivity index (χ0) is 12.0. The standard InChI is InChI=1S/C12H20N2OS/c1-3-11(13)12-5-4-10(6-14-12)16-8-9(2)7-15/h4-6,9,11,15H,3,7-8,13H2,1-2H3/t9?,11-/m1/s1. The first-order chi connectivity index (χ1) is 7.67. The predicted molar refractivity (Wildman–Crippen MR) is 68.4 cm³/mol. The Morgan fingerprint density at radius 3 is 2.75 bits per heavy atom. The molecule has 1 rings (SSSR count). The quantitative estimate of drug-likeness (QED) is 0.748. The Balaban J connectivity index is 2.51. The van der Waals surface area contributed by atoms with Gasteiger partial charge in [-0.3, -0.25) is 4.98 Å². The largest absolute Gasteiger partial charge is 0.396 e. The first kappa shape index (κ1) is 13.5. The van der Waals surface area contributed by atoms with Crippen LogP contribution in [0.15, 0.2) is 23.2 Å². The van der Waals surface area contributed by atoms with Crippen molar-refractivity contribution < 1.29 is 5.11 Å². The summed E-state index contributed by atoms with van der Waals surface area (Å²) in [7, 11) is 0. The molecular weight excluding hydrogens is 220 g/mol. The van der Waals surface area contributed by atoms with E-state index in [1.807, 2.05) is 25.3 Å². The van der Waals surface area contributed by atoms with Crippen LogP contribution >= 0.6 is 11.8 Å². The summed E-state index contributed by atoms with van der Waals surface area (Å²) >= 11 is 1.72. The maximum atomic E-state index is 8.92. The summed E-state index contributed by atoms with van der Waals surface area (Å²) in [6.07, 6.45) is 2.76. The number of nitrogens with zero attached hydrogens (tertiary/aromatic N) is 1. The monoisotopic (exact) mass is 240 g/mol. The summed E-state index contributed by atoms with van der Waals surface area (Å²) in [6.45, 7) is 4.32. The molecule has 90 valence electrons. The third-order valence-corrected chi connectivity index (χ3v) is 3.74. The number of pyridine rings is 1. The van der Waals surface area contributed by atoms with Gasteiger partial charge < -0.3 is 10.8 Å². The van der Waals surface area contributed by atoms with Gasteiger partial charge in [-0.15, -0.1) is 11.8 Å². The molecule has 0 aliphatic carbocycles. The number of aliphatic hydroxyl groups is 1. The lowest BCUT2D eigenvalue weighted by Crippen LogP contribution is -2.10. The number of aliphatic hydroxyl groups excluding tert-OH is 1. The van der Waals surface area contributed by atoms with Gasteiger partial charge in [-0.25, -0.2) is 0 Å². The van der Waals surface area contributed by atoms with Gasteiger partial charge in [0.2, 0.25) is 0 Å². The lowest BCUT2D eigenvalue weighted by Gasteiger charge is -2.10. The molecular formula is C12H20N2OS. The fourth-order valence-electron chi connectivity index (χ4n) is 1.20. The minimum Gasteiger partial charge on any atom is -0.396 e. The van der Waals surface area contributed by atoms with Crippen LogP contribution in [-0.2, 0) is 0 Å². The molecule has 3 N–H and O–H groups in total. The van der Waals surface area contributed by atoms with Gasteiger partial charge >= 0.3 is 0 Å². The zero-order valence-electron chi connectivity index (χ0n) is 9.89. The lowest BCUT2D eigenvalue weighted by atomic mass is 10.1. The van der Waals surface area contributed by atoms with E-state index in [0.717, 1.165) is 22.8 Å². The van der Waals surface area contributed by atoms with Gasteiger partial charge in [0, 0.05) is 29.5 Å². The second-order valence-corrected chi connectivity index (χ2v) is 5.13. The van der Waals surface area contributed by atoms with E-state index < -0.39 is 0 Å². The molecule has 0 aliphatic heterocycles. The Labute approximate surface area is 101 Å². The van der Waals surface area contributed by atoms with Gasteiger partial charge in [0.1, 0.15) is 0 Å². The van der Waals surface area contributed by atoms with E-state index in [9.17, 15) is 0 Å². The molecule has 0 fully saturated rings. The van der Waals surface area contributed by atoms with Crippen LogP contribution in [0.25, 0.3) is 0 Å². The summed E-state index contributed by atoms with van der Waals surface area (Å²) in [5.74, 6) is 1.24. The van der Waals surface area contributed by atoms with Crippen LogP contribution < -0.4 is 5.73 Å². The lowest BCUT2D eigenvalue weighted by molar-refractivity contribution is 0.250. The van der Waals surface area contributed by atoms with E-state index in [1.165, 1.54) is 0 Å². The van der Waals surface area contributed by atoms with Crippen molar-refractivity contribution in [2.75, 3.05) is 12.4 Å². The van der Waals surface area contributed by atoms with Crippen LogP contribution in [0.4, 0.5) is 0 Å². The molecule has 16 heavy (non-hydrogen) atoms. The van der Waals surface area contributed by atoms with Crippen molar-refractivity contribution in [2.24, 2.45) is 11.7 Å². The van der Waals surface area contributed by atoms with Crippen LogP contribution in [0.3, 0.4) is 0 Å². The molecule has 0 amide bonds. The highest BCUT2D eigenvalue weighted by Gasteiger charge is 2.05. The number of hydrogen-bond donors (Lipinski definition) is 2. The average molecular weight is 240 g/mol. The van der Waals surface area contributed by atoms with E-state index in [-0.39, 0.29) is 12.6 Å². The van der Waals surface area contributed by atoms with Gasteiger partial charge in [0.05, 0.1) is 5.69 Å². The topological polar surface area (TPSA) is 59.1 Å². The highest BCUT2D eigenvalue weighted by molar-refractivity contribution is 7.99. The average Bonchev–Trinajstić information content (AvgIpc) is 2.35. The van der Waals surface area contributed by atoms with Crippen molar-refractivity contribution in [1.29, 1.82) is 0 Å². The van der Waals surface area contributed by atoms with Crippen molar-refractivity contribution in [3.05, 3.63) is 24.0 Å². The van der Waals surface area contributed by atoms with Crippen LogP contribution in [0.2, 0.25) is 0 Å². The number of hydrogen-bond acceptors (Lipinski definition) is 4. The minimum absolute atomic E-state index is 0.0374. The molecule has 0 saturated carbocycles. The molecule has 3 nitrogen and oxygen atoms in total. The first-order valence-electron chi connectivity index (χ1n) is 5.62. The molecule has 0 saturated heterocycles. The summed E-state index contributed by atoms with van der Waals surface area (Å²) in [5, 5.41) is 8.92. The van der Waals surface area contributed by atoms with Gasteiger partial charge in [-0.2, -0.15) is 0 Å². The minimum atomic E-state index is 0.0374. The second kappa shape index (κ2) is 6.89. The van der Waals surface area contributed by atoms with E-state index in [0.29, 0.717) is 5.92 Å². The van der Waals surface area contributed by atoms with E-state index in [2.05, 4.69) is 11.9 Å². The fourth-order valence-corrected chi connectivity index (χ4v) is 2.07. The Morgan fingerprint density at radius 1 is 1.50 bits per heavy atom. The van der Waals surface area contributed by atoms with E-state index in [4.69, 9.17) is 10.8 Å². The van der Waals surface area contributed by atoms with Crippen molar-refractivity contribution in [3.63, 3.8) is 0 Å². The summed E-state index contributed by atoms with van der Waals surface area (Å²) in [4.78, 5) is 5.48. The van der Waals surface area contributed by atoms with Crippen molar-refractivity contribution >= 4 is 11.8 Å². The van der Waals surface area contributed by atoms with Crippen molar-refractivity contribution in [1.82, 2.24) is 4.98 Å². The zero-order valence-corrected chi connectivity index (χ0v) is 10.7. The number of aromatic nitrogens is 1. The van der Waals surface area contributed by atoms with Crippen LogP contribution in [0.1, 0.15) is 32.0 Å². The van der Waals surface area contributed by atoms with Gasteiger partial charge in [-0.05, 0) is 24.5 Å². The highest BCUT2D eigenvalue weighted by atomic mass is 32.2. The first-order valence-corrected chi connectivity index (χ1v) is 6.61. The van der Waals surface area contributed by atoms with Crippen molar-refractivity contribution in [2.45, 2.75) is 31.2 Å². The highest BCUT2D eigenvalue weighted by Crippen LogP contribution is 2.21. The van der Waals surface area contributed by atoms with Gasteiger partial charge in [-0.1, -0.05) is 13.8 Å². The fraction of sp³-hybridized carbons (Fsp3) is 0.583. The molecule has 1 aromatic heterocycles. The number of thioether (sulfide) groups is 1. The van der Waals surface area contributed by atoms with E-state index >= 15 is 0 Å². The molecule has 0 bridgehead atoms. The van der Waals surface area contributed by atoms with Crippen LogP contribution in [-0.4, -0.2) is 22.5 Å². The molecule has 2 atom stereocenters. The molecule has 1 heterocycles. The third-order valence-electron chi connectivity index (χ3n) is 2.43. The Hall–Kier alpha value is -0.580. The smallest absolute Gasteiger partial charge is 0.0571 e. The molecule has 0 aliphatic rings. The molecule has 0 spiro atoms. The SMILES string of the molecule is CC[C@@H](N)c1ccc(SCC(C)CO)cn1. The Kier molecular flexibility index (Phi) is 5.80. The number of nitrogens with two attached hydrogens (primary N) is 1. The van der Waals surface area contributed by atoms with Gasteiger partial charge in [0.25, 0.3) is 0 Å². The Morgan fingerprint density at radius 2 is 2.25 bits per heavy atom. The predicted octanol–water partition coefficient (Wildman–Crippen LogP) is 2.21. The maximum Gasteiger partial charge on any atom is 0.0571 e. The van der Waals surface area contributed by atoms with Crippen LogP contribution in [0, 0.1) is 5.92 Å². The molecule has 0 radical (unpaired) electrons. The summed E-state index contributed by atoms with van der Waals surface area (Å²) < 4.78 is 0. The summed E-state index contributed by atoms with van der Waals surface area (Å²) in [6, 6.07) is 4.07. The second-order valence-electron chi connectivity index (χ2n) is 4.03. The molecule has 1 aromatic rings. The normalized spacial score (nSPS) is 14.8. The van der Waals surface area contributed by atoms with Crippen molar-refractivity contribution in [3.8, 4) is 0 Å². The molecule has 4 heteroatoms. The third kappa shape index (κ3) is 4.12. The summed E-state index contributed by atoms with van der Waals surface area (Å²) in [5.41, 5.74) is 6.83. The number of rotatable bonds is 6. The van der Waals surface area contributed by atoms with E-state index in [1.54, 1.807) is 11.8 Å². The maximum absolute atomic E-state index is 8.92. The Bertz CT molecular complexity index is 302. The molecule has 0 aromatic carbocycles.